The summed E-state index contributed by atoms with van der Waals surface area (Å²) in [6.07, 6.45) is -0.114. The maximum absolute atomic E-state index is 10.5. The molecule has 1 atom stereocenters. The third-order valence-corrected chi connectivity index (χ3v) is 1.69. The number of hydrogen-bond donors (Lipinski definition) is 1. The molecule has 0 amide bonds. The molecule has 12 heavy (non-hydrogen) atoms. The van der Waals surface area contributed by atoms with Gasteiger partial charge >= 0.3 is 5.97 Å². The first-order valence-electron chi connectivity index (χ1n) is 4.21. The zero-order valence-corrected chi connectivity index (χ0v) is 8.26. The van der Waals surface area contributed by atoms with Crippen LogP contribution >= 0.6 is 0 Å². The second kappa shape index (κ2) is 4.45. The van der Waals surface area contributed by atoms with Crippen LogP contribution in [0.1, 0.15) is 34.1 Å². The van der Waals surface area contributed by atoms with Gasteiger partial charge in [-0.1, -0.05) is 20.8 Å². The van der Waals surface area contributed by atoms with E-state index in [-0.39, 0.29) is 17.9 Å². The van der Waals surface area contributed by atoms with Crippen molar-refractivity contribution in [2.24, 2.45) is 5.41 Å². The molecule has 0 aliphatic rings. The first kappa shape index (κ1) is 11.4. The molecule has 0 rings (SSSR count). The Morgan fingerprint density at radius 1 is 1.50 bits per heavy atom. The van der Waals surface area contributed by atoms with Gasteiger partial charge in [-0.3, -0.25) is 4.79 Å². The van der Waals surface area contributed by atoms with E-state index in [1.54, 1.807) is 0 Å². The van der Waals surface area contributed by atoms with Crippen LogP contribution in [0, 0.1) is 5.41 Å². The Hall–Kier alpha value is -0.570. The van der Waals surface area contributed by atoms with Crippen LogP contribution in [-0.2, 0) is 9.53 Å². The van der Waals surface area contributed by atoms with Gasteiger partial charge in [-0.05, 0) is 12.3 Å². The van der Waals surface area contributed by atoms with Crippen molar-refractivity contribution in [1.82, 2.24) is 0 Å². The summed E-state index contributed by atoms with van der Waals surface area (Å²) < 4.78 is 5.34. The van der Waals surface area contributed by atoms with Crippen LogP contribution in [-0.4, -0.2) is 23.8 Å². The van der Waals surface area contributed by atoms with Crippen LogP contribution < -0.4 is 0 Å². The number of ether oxygens (including phenoxy) is 1. The lowest BCUT2D eigenvalue weighted by molar-refractivity contribution is -0.142. The third-order valence-electron chi connectivity index (χ3n) is 1.69. The SMILES string of the molecule is CCOC(CC(=O)O)C(C)(C)C. The molecule has 0 aromatic heterocycles. The summed E-state index contributed by atoms with van der Waals surface area (Å²) in [5, 5.41) is 8.59. The summed E-state index contributed by atoms with van der Waals surface area (Å²) in [6.45, 7) is 8.39. The zero-order valence-electron chi connectivity index (χ0n) is 8.26. The highest BCUT2D eigenvalue weighted by Crippen LogP contribution is 2.24. The molecular weight excluding hydrogens is 156 g/mol. The highest BCUT2D eigenvalue weighted by atomic mass is 16.5. The predicted molar refractivity (Wildman–Crippen MR) is 47.1 cm³/mol. The first-order chi connectivity index (χ1) is 5.38. The highest BCUT2D eigenvalue weighted by molar-refractivity contribution is 5.67. The minimum absolute atomic E-state index is 0.0807. The normalized spacial score (nSPS) is 14.3. The van der Waals surface area contributed by atoms with Gasteiger partial charge < -0.3 is 9.84 Å². The summed E-state index contributed by atoms with van der Waals surface area (Å²) in [5.74, 6) is -0.802. The maximum Gasteiger partial charge on any atom is 0.306 e. The van der Waals surface area contributed by atoms with Crippen molar-refractivity contribution >= 4 is 5.97 Å². The Labute approximate surface area is 73.7 Å². The monoisotopic (exact) mass is 174 g/mol. The summed E-state index contributed by atoms with van der Waals surface area (Å²) >= 11 is 0. The Kier molecular flexibility index (Phi) is 4.24. The average molecular weight is 174 g/mol. The van der Waals surface area contributed by atoms with E-state index < -0.39 is 5.97 Å². The van der Waals surface area contributed by atoms with Gasteiger partial charge in [0.25, 0.3) is 0 Å². The molecule has 1 unspecified atom stereocenters. The highest BCUT2D eigenvalue weighted by Gasteiger charge is 2.27. The minimum atomic E-state index is -0.802. The van der Waals surface area contributed by atoms with Crippen LogP contribution in [0.25, 0.3) is 0 Å². The van der Waals surface area contributed by atoms with Gasteiger partial charge in [0.1, 0.15) is 0 Å². The van der Waals surface area contributed by atoms with E-state index in [4.69, 9.17) is 9.84 Å². The van der Waals surface area contributed by atoms with E-state index in [9.17, 15) is 4.79 Å². The molecule has 0 saturated heterocycles. The molecular formula is C9H18O3. The topological polar surface area (TPSA) is 46.5 Å². The molecule has 0 aliphatic heterocycles. The number of rotatable bonds is 4. The number of carboxylic acid groups (broad SMARTS) is 1. The van der Waals surface area contributed by atoms with E-state index in [0.717, 1.165) is 0 Å². The molecule has 3 nitrogen and oxygen atoms in total. The standard InChI is InChI=1S/C9H18O3/c1-5-12-7(6-8(10)11)9(2,3)4/h7H,5-6H2,1-4H3,(H,10,11). The molecule has 0 aliphatic carbocycles. The third kappa shape index (κ3) is 4.34. The van der Waals surface area contributed by atoms with Crippen molar-refractivity contribution in [3.8, 4) is 0 Å². The quantitative estimate of drug-likeness (QED) is 0.708. The number of aliphatic carboxylic acids is 1. The first-order valence-corrected chi connectivity index (χ1v) is 4.21. The Morgan fingerprint density at radius 3 is 2.25 bits per heavy atom. The molecule has 3 heteroatoms. The largest absolute Gasteiger partial charge is 0.481 e. The van der Waals surface area contributed by atoms with E-state index in [0.29, 0.717) is 6.61 Å². The molecule has 72 valence electrons. The summed E-state index contributed by atoms with van der Waals surface area (Å²) in [6, 6.07) is 0. The van der Waals surface area contributed by atoms with E-state index in [1.165, 1.54) is 0 Å². The molecule has 0 heterocycles. The van der Waals surface area contributed by atoms with Crippen LogP contribution in [0.2, 0.25) is 0 Å². The van der Waals surface area contributed by atoms with Crippen molar-refractivity contribution in [2.45, 2.75) is 40.2 Å². The second-order valence-electron chi connectivity index (χ2n) is 3.91. The summed E-state index contributed by atoms with van der Waals surface area (Å²) in [7, 11) is 0. The fourth-order valence-corrected chi connectivity index (χ4v) is 0.975. The van der Waals surface area contributed by atoms with Gasteiger partial charge in [-0.25, -0.2) is 0 Å². The average Bonchev–Trinajstić information content (AvgIpc) is 1.83. The number of carboxylic acids is 1. The molecule has 0 fully saturated rings. The van der Waals surface area contributed by atoms with Crippen molar-refractivity contribution in [3.63, 3.8) is 0 Å². The predicted octanol–water partition coefficient (Wildman–Crippen LogP) is 1.91. The molecule has 0 radical (unpaired) electrons. The number of hydrogen-bond acceptors (Lipinski definition) is 2. The van der Waals surface area contributed by atoms with Crippen LogP contribution in [0.5, 0.6) is 0 Å². The Balaban J connectivity index is 4.13. The van der Waals surface area contributed by atoms with E-state index in [1.807, 2.05) is 27.7 Å². The molecule has 0 aromatic rings. The minimum Gasteiger partial charge on any atom is -0.481 e. The lowest BCUT2D eigenvalue weighted by Gasteiger charge is -2.28. The van der Waals surface area contributed by atoms with Crippen LogP contribution in [0.4, 0.5) is 0 Å². The summed E-state index contributed by atoms with van der Waals surface area (Å²) in [4.78, 5) is 10.5. The van der Waals surface area contributed by atoms with Crippen molar-refractivity contribution in [2.75, 3.05) is 6.61 Å². The van der Waals surface area contributed by atoms with Gasteiger partial charge in [0.15, 0.2) is 0 Å². The van der Waals surface area contributed by atoms with Crippen molar-refractivity contribution in [3.05, 3.63) is 0 Å². The Bertz CT molecular complexity index is 146. The number of carbonyl (C=O) groups is 1. The molecule has 0 aromatic carbocycles. The van der Waals surface area contributed by atoms with Gasteiger partial charge in [0, 0.05) is 6.61 Å². The molecule has 0 bridgehead atoms. The van der Waals surface area contributed by atoms with Crippen molar-refractivity contribution in [1.29, 1.82) is 0 Å². The molecule has 0 spiro atoms. The van der Waals surface area contributed by atoms with E-state index in [2.05, 4.69) is 0 Å². The molecule has 1 N–H and O–H groups in total. The van der Waals surface area contributed by atoms with Crippen molar-refractivity contribution < 1.29 is 14.6 Å². The van der Waals surface area contributed by atoms with Crippen LogP contribution in [0.3, 0.4) is 0 Å². The summed E-state index contributed by atoms with van der Waals surface area (Å²) in [5.41, 5.74) is -0.103. The fourth-order valence-electron chi connectivity index (χ4n) is 0.975. The lowest BCUT2D eigenvalue weighted by Crippen LogP contribution is -2.31. The zero-order chi connectivity index (χ0) is 9.78. The van der Waals surface area contributed by atoms with Gasteiger partial charge in [-0.2, -0.15) is 0 Å². The van der Waals surface area contributed by atoms with E-state index >= 15 is 0 Å². The lowest BCUT2D eigenvalue weighted by atomic mass is 9.87. The maximum atomic E-state index is 10.5. The van der Waals surface area contributed by atoms with Gasteiger partial charge in [-0.15, -0.1) is 0 Å². The second-order valence-corrected chi connectivity index (χ2v) is 3.91. The molecule has 0 saturated carbocycles. The fraction of sp³-hybridized carbons (Fsp3) is 0.889. The van der Waals surface area contributed by atoms with Crippen LogP contribution in [0.15, 0.2) is 0 Å². The smallest absolute Gasteiger partial charge is 0.306 e. The van der Waals surface area contributed by atoms with Gasteiger partial charge in [0.2, 0.25) is 0 Å². The van der Waals surface area contributed by atoms with Gasteiger partial charge in [0.05, 0.1) is 12.5 Å². The Morgan fingerprint density at radius 2 is 2.00 bits per heavy atom.